The van der Waals surface area contributed by atoms with E-state index in [1.165, 1.54) is 0 Å². The average molecular weight is 187 g/mol. The SMILES string of the molecule is O=C1OCC2Nc3ccccc3C=C12. The van der Waals surface area contributed by atoms with Gasteiger partial charge in [0.15, 0.2) is 0 Å². The minimum atomic E-state index is -0.197. The van der Waals surface area contributed by atoms with Gasteiger partial charge >= 0.3 is 5.97 Å². The number of ether oxygens (including phenoxy) is 1. The summed E-state index contributed by atoms with van der Waals surface area (Å²) in [5.74, 6) is -0.197. The zero-order chi connectivity index (χ0) is 9.54. The van der Waals surface area contributed by atoms with E-state index in [-0.39, 0.29) is 12.0 Å². The first-order chi connectivity index (χ1) is 6.84. The number of para-hydroxylation sites is 1. The van der Waals surface area contributed by atoms with Crippen molar-refractivity contribution in [1.82, 2.24) is 0 Å². The minimum Gasteiger partial charge on any atom is -0.460 e. The third-order valence-corrected chi connectivity index (χ3v) is 2.59. The van der Waals surface area contributed by atoms with E-state index in [1.807, 2.05) is 30.3 Å². The summed E-state index contributed by atoms with van der Waals surface area (Å²) >= 11 is 0. The van der Waals surface area contributed by atoms with Crippen LogP contribution in [-0.2, 0) is 9.53 Å². The molecule has 1 aromatic carbocycles. The molecule has 1 atom stereocenters. The Kier molecular flexibility index (Phi) is 1.42. The highest BCUT2D eigenvalue weighted by Gasteiger charge is 2.33. The van der Waals surface area contributed by atoms with Gasteiger partial charge in [0.1, 0.15) is 6.61 Å². The Hall–Kier alpha value is -1.77. The molecule has 3 nitrogen and oxygen atoms in total. The van der Waals surface area contributed by atoms with Gasteiger partial charge in [-0.25, -0.2) is 4.79 Å². The molecule has 1 N–H and O–H groups in total. The first kappa shape index (κ1) is 7.62. The van der Waals surface area contributed by atoms with Crippen LogP contribution in [0, 0.1) is 0 Å². The molecule has 0 spiro atoms. The number of rotatable bonds is 0. The van der Waals surface area contributed by atoms with Crippen LogP contribution in [0.25, 0.3) is 6.08 Å². The van der Waals surface area contributed by atoms with E-state index in [2.05, 4.69) is 5.32 Å². The van der Waals surface area contributed by atoms with Gasteiger partial charge in [-0.05, 0) is 17.7 Å². The lowest BCUT2D eigenvalue weighted by Crippen LogP contribution is -2.24. The molecule has 0 bridgehead atoms. The second kappa shape index (κ2) is 2.61. The number of anilines is 1. The molecule has 1 fully saturated rings. The molecule has 0 aromatic heterocycles. The van der Waals surface area contributed by atoms with Crippen molar-refractivity contribution in [3.8, 4) is 0 Å². The van der Waals surface area contributed by atoms with Crippen LogP contribution in [-0.4, -0.2) is 18.6 Å². The van der Waals surface area contributed by atoms with Gasteiger partial charge in [-0.3, -0.25) is 0 Å². The van der Waals surface area contributed by atoms with E-state index in [1.54, 1.807) is 0 Å². The van der Waals surface area contributed by atoms with Crippen molar-refractivity contribution in [3.05, 3.63) is 35.4 Å². The molecule has 1 saturated heterocycles. The number of benzene rings is 1. The Labute approximate surface area is 81.4 Å². The van der Waals surface area contributed by atoms with Crippen LogP contribution in [0.4, 0.5) is 5.69 Å². The van der Waals surface area contributed by atoms with Crippen LogP contribution in [0.15, 0.2) is 29.8 Å². The Morgan fingerprint density at radius 2 is 2.21 bits per heavy atom. The van der Waals surface area contributed by atoms with Crippen molar-refractivity contribution in [2.24, 2.45) is 0 Å². The molecule has 70 valence electrons. The fourth-order valence-corrected chi connectivity index (χ4v) is 1.86. The second-order valence-corrected chi connectivity index (χ2v) is 3.48. The van der Waals surface area contributed by atoms with Gasteiger partial charge < -0.3 is 10.1 Å². The van der Waals surface area contributed by atoms with E-state index in [0.717, 1.165) is 16.8 Å². The quantitative estimate of drug-likeness (QED) is 0.624. The van der Waals surface area contributed by atoms with Crippen LogP contribution >= 0.6 is 0 Å². The topological polar surface area (TPSA) is 38.3 Å². The number of fused-ring (bicyclic) bond motifs is 2. The second-order valence-electron chi connectivity index (χ2n) is 3.48. The number of hydrogen-bond donors (Lipinski definition) is 1. The third-order valence-electron chi connectivity index (χ3n) is 2.59. The maximum atomic E-state index is 11.3. The van der Waals surface area contributed by atoms with Gasteiger partial charge in [-0.15, -0.1) is 0 Å². The molecule has 0 aliphatic carbocycles. The summed E-state index contributed by atoms with van der Waals surface area (Å²) in [7, 11) is 0. The van der Waals surface area contributed by atoms with Crippen molar-refractivity contribution in [2.75, 3.05) is 11.9 Å². The van der Waals surface area contributed by atoms with Crippen molar-refractivity contribution in [3.63, 3.8) is 0 Å². The highest BCUT2D eigenvalue weighted by atomic mass is 16.5. The van der Waals surface area contributed by atoms with E-state index in [0.29, 0.717) is 6.61 Å². The Balaban J connectivity index is 2.13. The van der Waals surface area contributed by atoms with Crippen molar-refractivity contribution in [1.29, 1.82) is 0 Å². The summed E-state index contributed by atoms with van der Waals surface area (Å²) in [4.78, 5) is 11.3. The lowest BCUT2D eigenvalue weighted by Gasteiger charge is -2.19. The number of esters is 1. The molecule has 1 unspecified atom stereocenters. The highest BCUT2D eigenvalue weighted by Crippen LogP contribution is 2.30. The van der Waals surface area contributed by atoms with Crippen molar-refractivity contribution >= 4 is 17.7 Å². The van der Waals surface area contributed by atoms with E-state index in [9.17, 15) is 4.79 Å². The first-order valence-corrected chi connectivity index (χ1v) is 4.59. The van der Waals surface area contributed by atoms with Gasteiger partial charge in [0.25, 0.3) is 0 Å². The monoisotopic (exact) mass is 187 g/mol. The van der Waals surface area contributed by atoms with Gasteiger partial charge in [0, 0.05) is 5.69 Å². The number of carbonyl (C=O) groups excluding carboxylic acids is 1. The zero-order valence-corrected chi connectivity index (χ0v) is 7.49. The van der Waals surface area contributed by atoms with Crippen LogP contribution < -0.4 is 5.32 Å². The Morgan fingerprint density at radius 1 is 1.36 bits per heavy atom. The summed E-state index contributed by atoms with van der Waals surface area (Å²) in [6, 6.07) is 7.96. The standard InChI is InChI=1S/C11H9NO2/c13-11-8-5-7-3-1-2-4-9(7)12-10(8)6-14-11/h1-5,10,12H,6H2. The number of nitrogens with one attached hydrogen (secondary N) is 1. The molecule has 0 radical (unpaired) electrons. The maximum Gasteiger partial charge on any atom is 0.336 e. The van der Waals surface area contributed by atoms with Crippen molar-refractivity contribution < 1.29 is 9.53 Å². The molecule has 3 heteroatoms. The molecular formula is C11H9NO2. The number of hydrogen-bond acceptors (Lipinski definition) is 3. The van der Waals surface area contributed by atoms with Crippen LogP contribution in [0.2, 0.25) is 0 Å². The van der Waals surface area contributed by atoms with Gasteiger partial charge in [-0.1, -0.05) is 18.2 Å². The smallest absolute Gasteiger partial charge is 0.336 e. The molecule has 2 aliphatic heterocycles. The predicted octanol–water partition coefficient (Wildman–Crippen LogP) is 1.42. The number of cyclic esters (lactones) is 1. The van der Waals surface area contributed by atoms with Crippen LogP contribution in [0.5, 0.6) is 0 Å². The van der Waals surface area contributed by atoms with Gasteiger partial charge in [0.05, 0.1) is 11.6 Å². The van der Waals surface area contributed by atoms with E-state index < -0.39 is 0 Å². The van der Waals surface area contributed by atoms with E-state index >= 15 is 0 Å². The summed E-state index contributed by atoms with van der Waals surface area (Å²) < 4.78 is 4.96. The minimum absolute atomic E-state index is 0.0393. The maximum absolute atomic E-state index is 11.3. The van der Waals surface area contributed by atoms with Crippen molar-refractivity contribution in [2.45, 2.75) is 6.04 Å². The molecular weight excluding hydrogens is 178 g/mol. The average Bonchev–Trinajstić information content (AvgIpc) is 2.57. The molecule has 14 heavy (non-hydrogen) atoms. The zero-order valence-electron chi connectivity index (χ0n) is 7.49. The molecule has 1 aromatic rings. The predicted molar refractivity (Wildman–Crippen MR) is 52.8 cm³/mol. The summed E-state index contributed by atoms with van der Waals surface area (Å²) in [5, 5.41) is 3.28. The molecule has 3 rings (SSSR count). The summed E-state index contributed by atoms with van der Waals surface area (Å²) in [5.41, 5.74) is 2.86. The fourth-order valence-electron chi connectivity index (χ4n) is 1.86. The summed E-state index contributed by atoms with van der Waals surface area (Å²) in [6.07, 6.45) is 1.91. The normalized spacial score (nSPS) is 23.0. The third kappa shape index (κ3) is 0.954. The molecule has 0 amide bonds. The number of carbonyl (C=O) groups is 1. The highest BCUT2D eigenvalue weighted by molar-refractivity contribution is 6.00. The molecule has 2 heterocycles. The molecule has 2 aliphatic rings. The van der Waals surface area contributed by atoms with Crippen LogP contribution in [0.3, 0.4) is 0 Å². The van der Waals surface area contributed by atoms with E-state index in [4.69, 9.17) is 4.74 Å². The fraction of sp³-hybridized carbons (Fsp3) is 0.182. The first-order valence-electron chi connectivity index (χ1n) is 4.59. The Morgan fingerprint density at radius 3 is 3.14 bits per heavy atom. The lowest BCUT2D eigenvalue weighted by atomic mass is 10.00. The van der Waals surface area contributed by atoms with Gasteiger partial charge in [0.2, 0.25) is 0 Å². The molecule has 0 saturated carbocycles. The summed E-state index contributed by atoms with van der Waals surface area (Å²) in [6.45, 7) is 0.443. The Bertz CT molecular complexity index is 437. The van der Waals surface area contributed by atoms with Gasteiger partial charge in [-0.2, -0.15) is 0 Å². The largest absolute Gasteiger partial charge is 0.460 e. The lowest BCUT2D eigenvalue weighted by molar-refractivity contribution is -0.135. The van der Waals surface area contributed by atoms with Crippen LogP contribution in [0.1, 0.15) is 5.56 Å².